The van der Waals surface area contributed by atoms with Gasteiger partial charge in [-0.05, 0) is 47.0 Å². The van der Waals surface area contributed by atoms with Crippen LogP contribution in [0.15, 0.2) is 41.1 Å². The predicted octanol–water partition coefficient (Wildman–Crippen LogP) is 3.57. The van der Waals surface area contributed by atoms with Gasteiger partial charge in [0, 0.05) is 19.3 Å². The minimum atomic E-state index is -0.229. The van der Waals surface area contributed by atoms with Crippen LogP contribution >= 0.6 is 11.3 Å². The van der Waals surface area contributed by atoms with E-state index >= 15 is 0 Å². The first kappa shape index (κ1) is 14.6. The quantitative estimate of drug-likeness (QED) is 0.884. The topological polar surface area (TPSA) is 50.4 Å². The Labute approximate surface area is 122 Å². The first-order valence-electron chi connectivity index (χ1n) is 6.35. The average Bonchev–Trinajstić information content (AvgIpc) is 2.93. The number of benzene rings is 1. The monoisotopic (exact) mass is 290 g/mol. The van der Waals surface area contributed by atoms with Crippen LogP contribution in [0.4, 0.5) is 10.5 Å². The fraction of sp³-hybridized carbons (Fsp3) is 0.267. The molecule has 4 nitrogen and oxygen atoms in total. The van der Waals surface area contributed by atoms with E-state index < -0.39 is 0 Å². The predicted molar refractivity (Wildman–Crippen MR) is 82.3 cm³/mol. The van der Waals surface area contributed by atoms with Gasteiger partial charge >= 0.3 is 6.03 Å². The third kappa shape index (κ3) is 4.08. The molecular weight excluding hydrogens is 272 g/mol. The summed E-state index contributed by atoms with van der Waals surface area (Å²) in [6.45, 7) is 2.42. The summed E-state index contributed by atoms with van der Waals surface area (Å²) in [5.41, 5.74) is 2.97. The van der Waals surface area contributed by atoms with Crippen LogP contribution in [0.3, 0.4) is 0 Å². The molecule has 1 aromatic carbocycles. The first-order chi connectivity index (χ1) is 9.69. The number of carbonyl (C=O) groups excluding carboxylic acids is 1. The van der Waals surface area contributed by atoms with Crippen molar-refractivity contribution in [3.05, 3.63) is 52.2 Å². The highest BCUT2D eigenvalue weighted by molar-refractivity contribution is 7.07. The minimum absolute atomic E-state index is 0.121. The smallest absolute Gasteiger partial charge is 0.319 e. The largest absolute Gasteiger partial charge is 0.375 e. The fourth-order valence-electron chi connectivity index (χ4n) is 1.88. The molecule has 2 N–H and O–H groups in total. The number of anilines is 1. The highest BCUT2D eigenvalue weighted by Gasteiger charge is 2.12. The number of hydrogen-bond acceptors (Lipinski definition) is 3. The van der Waals surface area contributed by atoms with Crippen molar-refractivity contribution < 1.29 is 9.53 Å². The van der Waals surface area contributed by atoms with Gasteiger partial charge in [-0.1, -0.05) is 12.1 Å². The molecule has 1 aromatic heterocycles. The van der Waals surface area contributed by atoms with Gasteiger partial charge in [-0.25, -0.2) is 4.79 Å². The number of ether oxygens (including phenoxy) is 1. The van der Waals surface area contributed by atoms with Crippen molar-refractivity contribution in [2.75, 3.05) is 19.0 Å². The van der Waals surface area contributed by atoms with Crippen molar-refractivity contribution in [1.82, 2.24) is 5.32 Å². The van der Waals surface area contributed by atoms with Crippen LogP contribution in [0.25, 0.3) is 0 Å². The molecule has 0 saturated carbocycles. The van der Waals surface area contributed by atoms with Crippen LogP contribution in [-0.4, -0.2) is 19.7 Å². The third-order valence-electron chi connectivity index (χ3n) is 2.92. The van der Waals surface area contributed by atoms with Crippen molar-refractivity contribution in [3.8, 4) is 0 Å². The maximum absolute atomic E-state index is 11.8. The Morgan fingerprint density at radius 1 is 1.40 bits per heavy atom. The first-order valence-corrected chi connectivity index (χ1v) is 7.29. The number of carbonyl (C=O) groups is 1. The van der Waals surface area contributed by atoms with Crippen LogP contribution in [0.2, 0.25) is 0 Å². The summed E-state index contributed by atoms with van der Waals surface area (Å²) in [6, 6.07) is 9.45. The molecule has 0 aliphatic rings. The highest BCUT2D eigenvalue weighted by atomic mass is 32.1. The molecule has 0 aliphatic carbocycles. The van der Waals surface area contributed by atoms with Gasteiger partial charge in [-0.15, -0.1) is 0 Å². The number of aryl methyl sites for hydroxylation is 1. The van der Waals surface area contributed by atoms with E-state index in [4.69, 9.17) is 4.74 Å². The zero-order chi connectivity index (χ0) is 14.4. The van der Waals surface area contributed by atoms with Crippen molar-refractivity contribution in [3.63, 3.8) is 0 Å². The number of methoxy groups -OCH3 is 1. The average molecular weight is 290 g/mol. The van der Waals surface area contributed by atoms with Crippen LogP contribution < -0.4 is 10.6 Å². The molecule has 106 valence electrons. The summed E-state index contributed by atoms with van der Waals surface area (Å²) in [6.07, 6.45) is -0.121. The normalized spacial score (nSPS) is 11.9. The van der Waals surface area contributed by atoms with E-state index in [1.54, 1.807) is 18.4 Å². The van der Waals surface area contributed by atoms with E-state index in [1.807, 2.05) is 48.0 Å². The minimum Gasteiger partial charge on any atom is -0.375 e. The van der Waals surface area contributed by atoms with Crippen molar-refractivity contribution in [1.29, 1.82) is 0 Å². The molecule has 2 rings (SSSR count). The van der Waals surface area contributed by atoms with E-state index in [2.05, 4.69) is 10.6 Å². The number of urea groups is 1. The van der Waals surface area contributed by atoms with Gasteiger partial charge in [0.05, 0.1) is 0 Å². The van der Waals surface area contributed by atoms with Crippen molar-refractivity contribution >= 4 is 23.1 Å². The molecule has 1 heterocycles. The molecule has 0 aliphatic heterocycles. The molecule has 1 atom stereocenters. The van der Waals surface area contributed by atoms with Gasteiger partial charge in [0.25, 0.3) is 0 Å². The third-order valence-corrected chi connectivity index (χ3v) is 3.62. The Kier molecular flexibility index (Phi) is 5.15. The second kappa shape index (κ2) is 7.07. The number of rotatable bonds is 5. The molecule has 2 aromatic rings. The van der Waals surface area contributed by atoms with Gasteiger partial charge in [0.1, 0.15) is 6.10 Å². The number of thiophene rings is 1. The second-order valence-electron chi connectivity index (χ2n) is 4.49. The molecule has 5 heteroatoms. The van der Waals surface area contributed by atoms with Crippen molar-refractivity contribution in [2.24, 2.45) is 0 Å². The summed E-state index contributed by atoms with van der Waals surface area (Å²) in [5.74, 6) is 0. The second-order valence-corrected chi connectivity index (χ2v) is 5.27. The number of hydrogen-bond donors (Lipinski definition) is 2. The lowest BCUT2D eigenvalue weighted by atomic mass is 10.2. The van der Waals surface area contributed by atoms with Gasteiger partial charge in [-0.2, -0.15) is 11.3 Å². The molecule has 20 heavy (non-hydrogen) atoms. The van der Waals surface area contributed by atoms with Gasteiger partial charge in [0.2, 0.25) is 0 Å². The number of amides is 2. The molecule has 0 fully saturated rings. The van der Waals surface area contributed by atoms with Gasteiger partial charge in [0.15, 0.2) is 0 Å². The molecule has 1 unspecified atom stereocenters. The fourth-order valence-corrected chi connectivity index (χ4v) is 2.58. The maximum Gasteiger partial charge on any atom is 0.319 e. The van der Waals surface area contributed by atoms with Crippen LogP contribution in [-0.2, 0) is 4.74 Å². The highest BCUT2D eigenvalue weighted by Crippen LogP contribution is 2.18. The van der Waals surface area contributed by atoms with Crippen LogP contribution in [0.1, 0.15) is 17.2 Å². The molecule has 2 amide bonds. The van der Waals surface area contributed by atoms with E-state index in [-0.39, 0.29) is 12.1 Å². The summed E-state index contributed by atoms with van der Waals surface area (Å²) in [5, 5.41) is 9.64. The molecule has 0 spiro atoms. The lowest BCUT2D eigenvalue weighted by Gasteiger charge is -2.15. The Balaban J connectivity index is 1.85. The van der Waals surface area contributed by atoms with Gasteiger partial charge < -0.3 is 15.4 Å². The Hall–Kier alpha value is -1.85. The Bertz CT molecular complexity index is 555. The van der Waals surface area contributed by atoms with Crippen LogP contribution in [0.5, 0.6) is 0 Å². The maximum atomic E-state index is 11.8. The Morgan fingerprint density at radius 3 is 2.90 bits per heavy atom. The molecule has 0 bridgehead atoms. The lowest BCUT2D eigenvalue weighted by molar-refractivity contribution is 0.105. The zero-order valence-electron chi connectivity index (χ0n) is 11.6. The molecule has 0 radical (unpaired) electrons. The zero-order valence-corrected chi connectivity index (χ0v) is 12.4. The summed E-state index contributed by atoms with van der Waals surface area (Å²) >= 11 is 1.61. The van der Waals surface area contributed by atoms with E-state index in [0.29, 0.717) is 6.54 Å². The molecule has 0 saturated heterocycles. The Morgan fingerprint density at radius 2 is 2.25 bits per heavy atom. The van der Waals surface area contributed by atoms with Crippen molar-refractivity contribution in [2.45, 2.75) is 13.0 Å². The van der Waals surface area contributed by atoms with E-state index in [9.17, 15) is 4.79 Å². The SMILES string of the molecule is COC(CNC(=O)Nc1cccc(C)c1)c1ccsc1. The van der Waals surface area contributed by atoms with Crippen LogP contribution in [0, 0.1) is 6.92 Å². The molecular formula is C15H18N2O2S. The van der Waals surface area contributed by atoms with E-state index in [0.717, 1.165) is 16.8 Å². The number of nitrogens with one attached hydrogen (secondary N) is 2. The summed E-state index contributed by atoms with van der Waals surface area (Å²) < 4.78 is 5.38. The van der Waals surface area contributed by atoms with Gasteiger partial charge in [-0.3, -0.25) is 0 Å². The lowest BCUT2D eigenvalue weighted by Crippen LogP contribution is -2.32. The summed E-state index contributed by atoms with van der Waals surface area (Å²) in [7, 11) is 1.64. The summed E-state index contributed by atoms with van der Waals surface area (Å²) in [4.78, 5) is 11.8. The standard InChI is InChI=1S/C15H18N2O2S/c1-11-4-3-5-13(8-11)17-15(18)16-9-14(19-2)12-6-7-20-10-12/h3-8,10,14H,9H2,1-2H3,(H2,16,17,18). The van der Waals surface area contributed by atoms with E-state index in [1.165, 1.54) is 0 Å².